The first-order valence-electron chi connectivity index (χ1n) is 7.56. The van der Waals surface area contributed by atoms with Crippen LogP contribution in [0.3, 0.4) is 0 Å². The van der Waals surface area contributed by atoms with E-state index >= 15 is 0 Å². The molecule has 22 heavy (non-hydrogen) atoms. The van der Waals surface area contributed by atoms with Gasteiger partial charge in [-0.2, -0.15) is 0 Å². The fraction of sp³-hybridized carbons (Fsp3) is 0.438. The van der Waals surface area contributed by atoms with Gasteiger partial charge < -0.3 is 14.2 Å². The van der Waals surface area contributed by atoms with Crippen LogP contribution in [-0.4, -0.2) is 59.1 Å². The fourth-order valence-corrected chi connectivity index (χ4v) is 2.48. The van der Waals surface area contributed by atoms with Crippen LogP contribution in [0.2, 0.25) is 0 Å². The van der Waals surface area contributed by atoms with Gasteiger partial charge in [-0.05, 0) is 19.0 Å². The molecule has 6 nitrogen and oxygen atoms in total. The molecule has 1 aliphatic rings. The number of nitrogens with zero attached hydrogens (tertiary/aromatic N) is 4. The Labute approximate surface area is 129 Å². The molecule has 0 spiro atoms. The van der Waals surface area contributed by atoms with Crippen LogP contribution in [0, 0.1) is 0 Å². The quantitative estimate of drug-likeness (QED) is 0.850. The maximum atomic E-state index is 12.3. The minimum Gasteiger partial charge on any atom is -0.417 e. The van der Waals surface area contributed by atoms with E-state index in [1.54, 1.807) is 4.90 Å². The number of likely N-dealkylation sites (N-methyl/N-ethyl adjacent to an activating group) is 1. The van der Waals surface area contributed by atoms with Crippen LogP contribution in [0.15, 0.2) is 34.7 Å². The zero-order valence-electron chi connectivity index (χ0n) is 12.7. The molecule has 0 unspecified atom stereocenters. The highest BCUT2D eigenvalue weighted by atomic mass is 16.4. The number of rotatable bonds is 4. The Balaban J connectivity index is 1.57. The molecule has 1 aliphatic heterocycles. The lowest BCUT2D eigenvalue weighted by Gasteiger charge is -2.31. The first-order valence-corrected chi connectivity index (χ1v) is 7.56. The molecule has 0 bridgehead atoms. The lowest BCUT2D eigenvalue weighted by Crippen LogP contribution is -2.47. The number of aromatic nitrogens is 2. The van der Waals surface area contributed by atoms with Gasteiger partial charge in [-0.25, -0.2) is 0 Å². The second-order valence-corrected chi connectivity index (χ2v) is 5.58. The van der Waals surface area contributed by atoms with Gasteiger partial charge in [0.2, 0.25) is 5.89 Å². The summed E-state index contributed by atoms with van der Waals surface area (Å²) in [7, 11) is 2.05. The van der Waals surface area contributed by atoms with E-state index in [4.69, 9.17) is 4.42 Å². The number of carbonyl (C=O) groups is 1. The Hall–Kier alpha value is -2.21. The van der Waals surface area contributed by atoms with E-state index < -0.39 is 0 Å². The topological polar surface area (TPSA) is 62.5 Å². The molecule has 1 aromatic heterocycles. The van der Waals surface area contributed by atoms with Crippen molar-refractivity contribution in [1.82, 2.24) is 20.0 Å². The SMILES string of the molecule is CN1CCN(C(=O)c2nnc(CCc3ccccc3)o2)CC1. The summed E-state index contributed by atoms with van der Waals surface area (Å²) in [6.45, 7) is 3.16. The highest BCUT2D eigenvalue weighted by Crippen LogP contribution is 2.10. The van der Waals surface area contributed by atoms with Gasteiger partial charge in [0.1, 0.15) is 0 Å². The second kappa shape index (κ2) is 6.70. The number of aryl methyl sites for hydroxylation is 2. The third-order valence-electron chi connectivity index (χ3n) is 3.91. The van der Waals surface area contributed by atoms with Crippen molar-refractivity contribution in [2.24, 2.45) is 0 Å². The number of hydrogen-bond acceptors (Lipinski definition) is 5. The Morgan fingerprint density at radius 3 is 2.55 bits per heavy atom. The summed E-state index contributed by atoms with van der Waals surface area (Å²) < 4.78 is 5.52. The van der Waals surface area contributed by atoms with Gasteiger partial charge in [0.15, 0.2) is 0 Å². The van der Waals surface area contributed by atoms with E-state index in [0.29, 0.717) is 25.4 Å². The Morgan fingerprint density at radius 2 is 1.82 bits per heavy atom. The van der Waals surface area contributed by atoms with Crippen molar-refractivity contribution in [2.45, 2.75) is 12.8 Å². The summed E-state index contributed by atoms with van der Waals surface area (Å²) in [4.78, 5) is 16.3. The number of hydrogen-bond donors (Lipinski definition) is 0. The van der Waals surface area contributed by atoms with Crippen molar-refractivity contribution in [3.63, 3.8) is 0 Å². The van der Waals surface area contributed by atoms with Crippen LogP contribution >= 0.6 is 0 Å². The van der Waals surface area contributed by atoms with Crippen molar-refractivity contribution < 1.29 is 9.21 Å². The molecular formula is C16H20N4O2. The number of piperazine rings is 1. The molecule has 116 valence electrons. The molecule has 0 aliphatic carbocycles. The second-order valence-electron chi connectivity index (χ2n) is 5.58. The van der Waals surface area contributed by atoms with Crippen molar-refractivity contribution in [1.29, 1.82) is 0 Å². The molecule has 3 rings (SSSR count). The van der Waals surface area contributed by atoms with Gasteiger partial charge in [-0.1, -0.05) is 30.3 Å². The molecule has 0 radical (unpaired) electrons. The van der Waals surface area contributed by atoms with Gasteiger partial charge >= 0.3 is 11.8 Å². The molecule has 1 amide bonds. The molecule has 2 aromatic rings. The predicted molar refractivity (Wildman–Crippen MR) is 81.5 cm³/mol. The zero-order chi connectivity index (χ0) is 15.4. The highest BCUT2D eigenvalue weighted by molar-refractivity contribution is 5.89. The smallest absolute Gasteiger partial charge is 0.311 e. The highest BCUT2D eigenvalue weighted by Gasteiger charge is 2.24. The number of amides is 1. The average Bonchev–Trinajstić information content (AvgIpc) is 3.03. The van der Waals surface area contributed by atoms with Crippen molar-refractivity contribution >= 4 is 5.91 Å². The largest absolute Gasteiger partial charge is 0.417 e. The Kier molecular flexibility index (Phi) is 4.48. The summed E-state index contributed by atoms with van der Waals surface area (Å²) in [6, 6.07) is 10.1. The van der Waals surface area contributed by atoms with Crippen molar-refractivity contribution in [3.8, 4) is 0 Å². The maximum Gasteiger partial charge on any atom is 0.311 e. The van der Waals surface area contributed by atoms with Crippen LogP contribution in [-0.2, 0) is 12.8 Å². The van der Waals surface area contributed by atoms with E-state index in [1.807, 2.05) is 18.2 Å². The van der Waals surface area contributed by atoms with E-state index in [-0.39, 0.29) is 11.8 Å². The van der Waals surface area contributed by atoms with Crippen molar-refractivity contribution in [3.05, 3.63) is 47.7 Å². The fourth-order valence-electron chi connectivity index (χ4n) is 2.48. The molecule has 0 N–H and O–H groups in total. The lowest BCUT2D eigenvalue weighted by molar-refractivity contribution is 0.0622. The van der Waals surface area contributed by atoms with E-state index in [0.717, 1.165) is 19.5 Å². The van der Waals surface area contributed by atoms with E-state index in [1.165, 1.54) is 5.56 Å². The molecule has 0 saturated carbocycles. The van der Waals surface area contributed by atoms with Crippen LogP contribution in [0.1, 0.15) is 22.1 Å². The summed E-state index contributed by atoms with van der Waals surface area (Å²) in [5.41, 5.74) is 1.22. The first-order chi connectivity index (χ1) is 10.7. The van der Waals surface area contributed by atoms with Crippen LogP contribution in [0.25, 0.3) is 0 Å². The summed E-state index contributed by atoms with van der Waals surface area (Å²) in [6.07, 6.45) is 1.47. The third-order valence-corrected chi connectivity index (χ3v) is 3.91. The first kappa shape index (κ1) is 14.7. The van der Waals surface area contributed by atoms with Gasteiger partial charge in [-0.15, -0.1) is 10.2 Å². The van der Waals surface area contributed by atoms with Crippen molar-refractivity contribution in [2.75, 3.05) is 33.2 Å². The van der Waals surface area contributed by atoms with Gasteiger partial charge in [0.25, 0.3) is 0 Å². The van der Waals surface area contributed by atoms with E-state index in [2.05, 4.69) is 34.3 Å². The van der Waals surface area contributed by atoms with Gasteiger partial charge in [0.05, 0.1) is 0 Å². The van der Waals surface area contributed by atoms with E-state index in [9.17, 15) is 4.79 Å². The van der Waals surface area contributed by atoms with Crippen LogP contribution in [0.5, 0.6) is 0 Å². The summed E-state index contributed by atoms with van der Waals surface area (Å²) in [5.74, 6) is 0.459. The van der Waals surface area contributed by atoms with Crippen LogP contribution in [0.4, 0.5) is 0 Å². The Morgan fingerprint density at radius 1 is 1.09 bits per heavy atom. The summed E-state index contributed by atoms with van der Waals surface area (Å²) in [5, 5.41) is 7.89. The molecule has 0 atom stereocenters. The molecule has 6 heteroatoms. The number of carbonyl (C=O) groups excluding carboxylic acids is 1. The normalized spacial score (nSPS) is 16.0. The van der Waals surface area contributed by atoms with Gasteiger partial charge in [-0.3, -0.25) is 4.79 Å². The lowest BCUT2D eigenvalue weighted by atomic mass is 10.1. The summed E-state index contributed by atoms with van der Waals surface area (Å²) >= 11 is 0. The third kappa shape index (κ3) is 3.51. The number of benzene rings is 1. The molecule has 1 fully saturated rings. The average molecular weight is 300 g/mol. The zero-order valence-corrected chi connectivity index (χ0v) is 12.7. The minimum absolute atomic E-state index is 0.104. The minimum atomic E-state index is -0.161. The molecule has 1 saturated heterocycles. The van der Waals surface area contributed by atoms with Crippen LogP contribution < -0.4 is 0 Å². The standard InChI is InChI=1S/C16H20N4O2/c1-19-9-11-20(12-10-19)16(21)15-18-17-14(22-15)8-7-13-5-3-2-4-6-13/h2-6H,7-12H2,1H3. The maximum absolute atomic E-state index is 12.3. The Bertz CT molecular complexity index is 618. The predicted octanol–water partition coefficient (Wildman–Crippen LogP) is 1.24. The molecule has 1 aromatic carbocycles. The molecule has 2 heterocycles. The van der Waals surface area contributed by atoms with Gasteiger partial charge in [0, 0.05) is 32.6 Å². The molecular weight excluding hydrogens is 280 g/mol. The monoisotopic (exact) mass is 300 g/mol.